The van der Waals surface area contributed by atoms with Crippen molar-refractivity contribution in [1.82, 2.24) is 14.3 Å². The molecule has 3 heterocycles. The van der Waals surface area contributed by atoms with Crippen LogP contribution in [-0.4, -0.2) is 35.8 Å². The minimum Gasteiger partial charge on any atom is -0.435 e. The number of hydrogen-bond donors (Lipinski definition) is 0. The normalized spacial score (nSPS) is 15.1. The van der Waals surface area contributed by atoms with Gasteiger partial charge in [-0.3, -0.25) is 0 Å². The molecule has 1 aliphatic heterocycles. The number of ether oxygens (including phenoxy) is 1. The van der Waals surface area contributed by atoms with Gasteiger partial charge >= 0.3 is 6.61 Å². The number of halogens is 2. The highest BCUT2D eigenvalue weighted by Gasteiger charge is 2.29. The first-order valence-corrected chi connectivity index (χ1v) is 9.66. The molecule has 27 heavy (non-hydrogen) atoms. The van der Waals surface area contributed by atoms with E-state index in [1.54, 1.807) is 12.3 Å². The van der Waals surface area contributed by atoms with Crippen LogP contribution >= 0.6 is 0 Å². The summed E-state index contributed by atoms with van der Waals surface area (Å²) < 4.78 is 55.9. The number of sulfonamides is 1. The molecule has 0 N–H and O–H groups in total. The maximum atomic E-state index is 12.9. The van der Waals surface area contributed by atoms with E-state index < -0.39 is 16.6 Å². The summed E-state index contributed by atoms with van der Waals surface area (Å²) in [6.07, 6.45) is 2.15. The Bertz CT molecular complexity index is 1090. The molecule has 2 aromatic heterocycles. The van der Waals surface area contributed by atoms with Gasteiger partial charge in [0.1, 0.15) is 5.75 Å². The van der Waals surface area contributed by atoms with E-state index in [4.69, 9.17) is 0 Å². The molecule has 3 aromatic rings. The molecule has 0 radical (unpaired) electrons. The zero-order valence-corrected chi connectivity index (χ0v) is 14.9. The lowest BCUT2D eigenvalue weighted by atomic mass is 10.1. The highest BCUT2D eigenvalue weighted by Crippen LogP contribution is 2.27. The molecule has 0 saturated heterocycles. The van der Waals surface area contributed by atoms with Crippen LogP contribution in [0.3, 0.4) is 0 Å². The first-order chi connectivity index (χ1) is 12.9. The van der Waals surface area contributed by atoms with E-state index in [-0.39, 0.29) is 23.7 Å². The van der Waals surface area contributed by atoms with Crippen LogP contribution in [0, 0.1) is 0 Å². The van der Waals surface area contributed by atoms with E-state index in [0.717, 1.165) is 16.6 Å². The van der Waals surface area contributed by atoms with Crippen molar-refractivity contribution < 1.29 is 21.9 Å². The summed E-state index contributed by atoms with van der Waals surface area (Å²) in [6.45, 7) is -2.47. The van der Waals surface area contributed by atoms with Crippen molar-refractivity contribution in [2.45, 2.75) is 24.5 Å². The number of nitrogens with zero attached hydrogens (tertiary/aromatic N) is 3. The number of fused-ring (bicyclic) bond motifs is 2. The van der Waals surface area contributed by atoms with Gasteiger partial charge in [0, 0.05) is 36.8 Å². The van der Waals surface area contributed by atoms with Crippen molar-refractivity contribution in [3.63, 3.8) is 0 Å². The van der Waals surface area contributed by atoms with E-state index >= 15 is 0 Å². The van der Waals surface area contributed by atoms with Gasteiger partial charge in [-0.05, 0) is 48.0 Å². The Morgan fingerprint density at radius 1 is 1.15 bits per heavy atom. The van der Waals surface area contributed by atoms with Crippen LogP contribution in [-0.2, 0) is 23.0 Å². The Morgan fingerprint density at radius 3 is 2.67 bits per heavy atom. The largest absolute Gasteiger partial charge is 0.435 e. The monoisotopic (exact) mass is 391 g/mol. The van der Waals surface area contributed by atoms with Crippen molar-refractivity contribution in [2.24, 2.45) is 0 Å². The van der Waals surface area contributed by atoms with Crippen LogP contribution in [0.25, 0.3) is 11.0 Å². The lowest BCUT2D eigenvalue weighted by molar-refractivity contribution is -0.0498. The minimum atomic E-state index is -3.76. The van der Waals surface area contributed by atoms with Gasteiger partial charge in [-0.25, -0.2) is 18.4 Å². The van der Waals surface area contributed by atoms with Gasteiger partial charge in [-0.2, -0.15) is 13.1 Å². The van der Waals surface area contributed by atoms with E-state index in [2.05, 4.69) is 14.7 Å². The summed E-state index contributed by atoms with van der Waals surface area (Å²) in [4.78, 5) is 8.78. The van der Waals surface area contributed by atoms with Crippen molar-refractivity contribution in [3.05, 3.63) is 59.9 Å². The van der Waals surface area contributed by atoms with Crippen LogP contribution in [0.4, 0.5) is 8.78 Å². The van der Waals surface area contributed by atoms with Gasteiger partial charge in [0.15, 0.2) is 5.65 Å². The van der Waals surface area contributed by atoms with Crippen LogP contribution in [0.2, 0.25) is 0 Å². The first-order valence-electron chi connectivity index (χ1n) is 8.22. The Balaban J connectivity index is 1.61. The molecule has 1 aromatic carbocycles. The lowest BCUT2D eigenvalue weighted by Crippen LogP contribution is -2.36. The second-order valence-corrected chi connectivity index (χ2v) is 8.02. The van der Waals surface area contributed by atoms with Crippen LogP contribution in [0.5, 0.6) is 5.75 Å². The first kappa shape index (κ1) is 17.7. The molecule has 0 fully saturated rings. The predicted octanol–water partition coefficient (Wildman–Crippen LogP) is 2.98. The third-order valence-electron chi connectivity index (χ3n) is 4.39. The van der Waals surface area contributed by atoms with Gasteiger partial charge in [-0.15, -0.1) is 0 Å². The molecular formula is C18H15F2N3O3S. The minimum absolute atomic E-state index is 0.0305. The number of alkyl halides is 2. The smallest absolute Gasteiger partial charge is 0.387 e. The number of benzene rings is 1. The van der Waals surface area contributed by atoms with E-state index in [0.29, 0.717) is 12.1 Å². The SMILES string of the molecule is O=S(=O)(c1ccc(OC(F)F)cc1)N1CCc2nc3ncccc3cc2C1. The molecule has 0 saturated carbocycles. The van der Waals surface area contributed by atoms with Gasteiger partial charge in [0.2, 0.25) is 10.0 Å². The summed E-state index contributed by atoms with van der Waals surface area (Å²) in [7, 11) is -3.76. The average molecular weight is 391 g/mol. The maximum absolute atomic E-state index is 12.9. The Morgan fingerprint density at radius 2 is 1.93 bits per heavy atom. The molecule has 0 spiro atoms. The number of pyridine rings is 2. The average Bonchev–Trinajstić information content (AvgIpc) is 2.66. The highest BCUT2D eigenvalue weighted by molar-refractivity contribution is 7.89. The van der Waals surface area contributed by atoms with Crippen LogP contribution < -0.4 is 4.74 Å². The van der Waals surface area contributed by atoms with E-state index in [9.17, 15) is 17.2 Å². The molecule has 1 aliphatic rings. The summed E-state index contributed by atoms with van der Waals surface area (Å²) in [5.74, 6) is -0.0869. The molecule has 140 valence electrons. The molecule has 9 heteroatoms. The molecule has 0 bridgehead atoms. The summed E-state index contributed by atoms with van der Waals surface area (Å²) in [6, 6.07) is 10.6. The lowest BCUT2D eigenvalue weighted by Gasteiger charge is -2.27. The van der Waals surface area contributed by atoms with E-state index in [1.807, 2.05) is 12.1 Å². The Kier molecular flexibility index (Phi) is 4.48. The van der Waals surface area contributed by atoms with Crippen LogP contribution in [0.1, 0.15) is 11.3 Å². The molecule has 0 aliphatic carbocycles. The van der Waals surface area contributed by atoms with Gasteiger partial charge in [0.25, 0.3) is 0 Å². The van der Waals surface area contributed by atoms with Crippen molar-refractivity contribution in [2.75, 3.05) is 6.54 Å². The molecule has 0 atom stereocenters. The third kappa shape index (κ3) is 3.47. The number of rotatable bonds is 4. The second-order valence-electron chi connectivity index (χ2n) is 6.08. The van der Waals surface area contributed by atoms with Crippen molar-refractivity contribution >= 4 is 21.1 Å². The van der Waals surface area contributed by atoms with Crippen molar-refractivity contribution in [3.8, 4) is 5.75 Å². The predicted molar refractivity (Wildman–Crippen MR) is 93.9 cm³/mol. The zero-order chi connectivity index (χ0) is 19.0. The fraction of sp³-hybridized carbons (Fsp3) is 0.222. The van der Waals surface area contributed by atoms with E-state index in [1.165, 1.54) is 28.6 Å². The fourth-order valence-electron chi connectivity index (χ4n) is 3.09. The third-order valence-corrected chi connectivity index (χ3v) is 6.25. The summed E-state index contributed by atoms with van der Waals surface area (Å²) in [5.41, 5.74) is 2.32. The van der Waals surface area contributed by atoms with Crippen molar-refractivity contribution in [1.29, 1.82) is 0 Å². The Hall–Kier alpha value is -2.65. The molecule has 0 unspecified atom stereocenters. The fourth-order valence-corrected chi connectivity index (χ4v) is 4.51. The molecular weight excluding hydrogens is 376 g/mol. The second kappa shape index (κ2) is 6.82. The maximum Gasteiger partial charge on any atom is 0.387 e. The quantitative estimate of drug-likeness (QED) is 0.684. The number of hydrogen-bond acceptors (Lipinski definition) is 5. The molecule has 4 rings (SSSR count). The van der Waals surface area contributed by atoms with Gasteiger partial charge < -0.3 is 4.74 Å². The Labute approximate surface area is 154 Å². The summed E-state index contributed by atoms with van der Waals surface area (Å²) >= 11 is 0. The molecule has 6 nitrogen and oxygen atoms in total. The van der Waals surface area contributed by atoms with Gasteiger partial charge in [0.05, 0.1) is 4.90 Å². The number of aromatic nitrogens is 2. The summed E-state index contributed by atoms with van der Waals surface area (Å²) in [5, 5.41) is 0.851. The van der Waals surface area contributed by atoms with Crippen LogP contribution in [0.15, 0.2) is 53.6 Å². The van der Waals surface area contributed by atoms with Gasteiger partial charge in [-0.1, -0.05) is 0 Å². The molecule has 0 amide bonds. The zero-order valence-electron chi connectivity index (χ0n) is 14.0. The topological polar surface area (TPSA) is 72.4 Å². The standard InChI is InChI=1S/C18H15F2N3O3S/c19-18(20)26-14-3-5-15(6-4-14)27(24,25)23-9-7-16-13(11-23)10-12-2-1-8-21-17(12)22-16/h1-6,8,10,18H,7,9,11H2. The highest BCUT2D eigenvalue weighted by atomic mass is 32.2.